The summed E-state index contributed by atoms with van der Waals surface area (Å²) in [5.41, 5.74) is 3.38. The quantitative estimate of drug-likeness (QED) is 0.582. The van der Waals surface area contributed by atoms with Crippen LogP contribution in [0.25, 0.3) is 0 Å². The van der Waals surface area contributed by atoms with Gasteiger partial charge in [-0.3, -0.25) is 0 Å². The lowest BCUT2D eigenvalue weighted by Crippen LogP contribution is -1.98. The first-order chi connectivity index (χ1) is 9.83. The predicted molar refractivity (Wildman–Crippen MR) is 69.5 cm³/mol. The number of rotatable bonds is 6. The molecule has 0 aliphatic rings. The van der Waals surface area contributed by atoms with Crippen molar-refractivity contribution >= 4 is 12.2 Å². The molecule has 9 nitrogen and oxygen atoms in total. The fourth-order valence-electron chi connectivity index (χ4n) is 1.37. The highest BCUT2D eigenvalue weighted by atomic mass is 16.5. The molecule has 2 aromatic rings. The van der Waals surface area contributed by atoms with Crippen LogP contribution in [0.1, 0.15) is 5.56 Å². The second-order valence-electron chi connectivity index (χ2n) is 3.46. The molecule has 102 valence electrons. The van der Waals surface area contributed by atoms with E-state index in [9.17, 15) is 0 Å². The number of hydrogen-bond acceptors (Lipinski definition) is 8. The van der Waals surface area contributed by atoms with Crippen LogP contribution in [0.5, 0.6) is 11.5 Å². The average molecular weight is 273 g/mol. The Kier molecular flexibility index (Phi) is 4.45. The van der Waals surface area contributed by atoms with E-state index in [1.54, 1.807) is 24.4 Å². The third-order valence-electron chi connectivity index (χ3n) is 2.20. The van der Waals surface area contributed by atoms with Crippen molar-refractivity contribution in [3.05, 3.63) is 23.8 Å². The molecular weight excluding hydrogens is 262 g/mol. The predicted octanol–water partition coefficient (Wildman–Crippen LogP) is 0.557. The number of nitrogens with zero attached hydrogens (tertiary/aromatic N) is 5. The molecule has 9 heteroatoms. The van der Waals surface area contributed by atoms with Crippen molar-refractivity contribution in [2.75, 3.05) is 19.1 Å². The molecule has 20 heavy (non-hydrogen) atoms. The van der Waals surface area contributed by atoms with Gasteiger partial charge < -0.3 is 9.47 Å². The summed E-state index contributed by atoms with van der Waals surface area (Å²) >= 11 is 0. The number of anilines is 1. The molecule has 2 rings (SSSR count). The van der Waals surface area contributed by atoms with Crippen LogP contribution in [-0.4, -0.2) is 40.6 Å². The summed E-state index contributed by atoms with van der Waals surface area (Å²) in [5.74, 6) is 1.28. The molecule has 0 saturated carbocycles. The van der Waals surface area contributed by atoms with Crippen molar-refractivity contribution < 1.29 is 9.47 Å². The van der Waals surface area contributed by atoms with E-state index in [0.29, 0.717) is 11.5 Å². The van der Waals surface area contributed by atoms with Crippen LogP contribution in [0.3, 0.4) is 0 Å². The van der Waals surface area contributed by atoms with E-state index in [4.69, 9.17) is 14.7 Å². The number of tetrazole rings is 1. The Hall–Kier alpha value is -3.15. The molecule has 0 unspecified atom stereocenters. The van der Waals surface area contributed by atoms with E-state index in [1.807, 2.05) is 6.07 Å². The van der Waals surface area contributed by atoms with Gasteiger partial charge in [-0.15, -0.1) is 5.10 Å². The van der Waals surface area contributed by atoms with E-state index >= 15 is 0 Å². The number of hydrazone groups is 1. The Labute approximate surface area is 114 Å². The highest BCUT2D eigenvalue weighted by Crippen LogP contribution is 2.27. The average Bonchev–Trinajstić information content (AvgIpc) is 2.99. The number of aromatic amines is 1. The van der Waals surface area contributed by atoms with Gasteiger partial charge in [-0.25, -0.2) is 5.43 Å². The molecule has 1 aromatic heterocycles. The van der Waals surface area contributed by atoms with E-state index in [-0.39, 0.29) is 12.6 Å². The number of ether oxygens (including phenoxy) is 2. The minimum atomic E-state index is -0.0385. The molecule has 0 radical (unpaired) electrons. The third kappa shape index (κ3) is 3.42. The maximum Gasteiger partial charge on any atom is 0.283 e. The molecular formula is C11H11N7O2. The van der Waals surface area contributed by atoms with Gasteiger partial charge in [0.25, 0.3) is 5.95 Å². The molecule has 0 spiro atoms. The zero-order valence-electron chi connectivity index (χ0n) is 10.6. The molecule has 0 aliphatic carbocycles. The lowest BCUT2D eigenvalue weighted by atomic mass is 10.2. The van der Waals surface area contributed by atoms with Crippen molar-refractivity contribution in [3.8, 4) is 17.6 Å². The number of aromatic nitrogens is 4. The summed E-state index contributed by atoms with van der Waals surface area (Å²) in [6, 6.07) is 7.10. The summed E-state index contributed by atoms with van der Waals surface area (Å²) in [5, 5.41) is 25.5. The van der Waals surface area contributed by atoms with Crippen molar-refractivity contribution in [1.29, 1.82) is 5.26 Å². The Morgan fingerprint density at radius 3 is 3.10 bits per heavy atom. The third-order valence-corrected chi connectivity index (χ3v) is 2.20. The molecule has 0 bridgehead atoms. The van der Waals surface area contributed by atoms with Gasteiger partial charge in [0.1, 0.15) is 6.07 Å². The maximum absolute atomic E-state index is 8.49. The van der Waals surface area contributed by atoms with Crippen LogP contribution in [-0.2, 0) is 0 Å². The van der Waals surface area contributed by atoms with Crippen LogP contribution in [0, 0.1) is 11.3 Å². The second kappa shape index (κ2) is 6.69. The molecule has 2 N–H and O–H groups in total. The first-order valence-electron chi connectivity index (χ1n) is 5.54. The molecule has 0 amide bonds. The van der Waals surface area contributed by atoms with Crippen molar-refractivity contribution in [2.24, 2.45) is 5.10 Å². The van der Waals surface area contributed by atoms with Crippen LogP contribution in [0.4, 0.5) is 5.95 Å². The normalized spacial score (nSPS) is 10.2. The smallest absolute Gasteiger partial charge is 0.283 e. The minimum absolute atomic E-state index is 0.0385. The summed E-state index contributed by atoms with van der Waals surface area (Å²) in [7, 11) is 1.52. The van der Waals surface area contributed by atoms with Gasteiger partial charge in [0.2, 0.25) is 0 Å². The second-order valence-corrected chi connectivity index (χ2v) is 3.46. The van der Waals surface area contributed by atoms with Crippen molar-refractivity contribution in [1.82, 2.24) is 20.6 Å². The van der Waals surface area contributed by atoms with Gasteiger partial charge in [0.05, 0.1) is 13.3 Å². The number of nitriles is 1. The fourth-order valence-corrected chi connectivity index (χ4v) is 1.37. The Morgan fingerprint density at radius 1 is 1.50 bits per heavy atom. The van der Waals surface area contributed by atoms with E-state index in [1.165, 1.54) is 7.11 Å². The Bertz CT molecular complexity index is 618. The topological polar surface area (TPSA) is 121 Å². The van der Waals surface area contributed by atoms with Crippen LogP contribution < -0.4 is 14.9 Å². The SMILES string of the molecule is COc1cc(/C=N\Nc2nn[nH]n2)ccc1OCC#N. The van der Waals surface area contributed by atoms with E-state index < -0.39 is 0 Å². The first-order valence-corrected chi connectivity index (χ1v) is 5.54. The molecule has 1 aromatic carbocycles. The summed E-state index contributed by atoms with van der Waals surface area (Å²) in [6.45, 7) is -0.0385. The molecule has 0 aliphatic heterocycles. The maximum atomic E-state index is 8.49. The molecule has 0 saturated heterocycles. The summed E-state index contributed by atoms with van der Waals surface area (Å²) in [6.07, 6.45) is 1.56. The number of methoxy groups -OCH3 is 1. The summed E-state index contributed by atoms with van der Waals surface area (Å²) in [4.78, 5) is 0. The zero-order valence-corrected chi connectivity index (χ0v) is 10.6. The van der Waals surface area contributed by atoms with Crippen LogP contribution >= 0.6 is 0 Å². The number of hydrogen-bond donors (Lipinski definition) is 2. The number of nitrogens with one attached hydrogen (secondary N) is 2. The largest absolute Gasteiger partial charge is 0.493 e. The lowest BCUT2D eigenvalue weighted by Gasteiger charge is -2.08. The first kappa shape index (κ1) is 13.3. The van der Waals surface area contributed by atoms with Gasteiger partial charge in [0, 0.05) is 0 Å². The van der Waals surface area contributed by atoms with E-state index in [2.05, 4.69) is 31.2 Å². The van der Waals surface area contributed by atoms with Gasteiger partial charge in [0.15, 0.2) is 18.1 Å². The minimum Gasteiger partial charge on any atom is -0.493 e. The molecule has 0 atom stereocenters. The van der Waals surface area contributed by atoms with Gasteiger partial charge in [-0.2, -0.15) is 15.6 Å². The summed E-state index contributed by atoms with van der Waals surface area (Å²) < 4.78 is 10.4. The highest BCUT2D eigenvalue weighted by Gasteiger charge is 2.04. The fraction of sp³-hybridized carbons (Fsp3) is 0.182. The Balaban J connectivity index is 2.05. The standard InChI is InChI=1S/C11H11N7O2/c1-19-10-6-8(2-3-9(10)20-5-4-12)7-13-14-11-15-17-18-16-11/h2-3,6-7H,5H2,1H3,(H2,14,15,16,17,18)/b13-7-. The van der Waals surface area contributed by atoms with Crippen LogP contribution in [0.2, 0.25) is 0 Å². The van der Waals surface area contributed by atoms with Gasteiger partial charge in [-0.05, 0) is 29.0 Å². The number of H-pyrrole nitrogens is 1. The number of benzene rings is 1. The Morgan fingerprint density at radius 2 is 2.40 bits per heavy atom. The van der Waals surface area contributed by atoms with Crippen LogP contribution in [0.15, 0.2) is 23.3 Å². The lowest BCUT2D eigenvalue weighted by molar-refractivity contribution is 0.329. The van der Waals surface area contributed by atoms with Crippen molar-refractivity contribution in [3.63, 3.8) is 0 Å². The van der Waals surface area contributed by atoms with Gasteiger partial charge >= 0.3 is 0 Å². The molecule has 1 heterocycles. The monoisotopic (exact) mass is 273 g/mol. The molecule has 0 fully saturated rings. The zero-order chi connectivity index (χ0) is 14.2. The van der Waals surface area contributed by atoms with Crippen molar-refractivity contribution in [2.45, 2.75) is 0 Å². The van der Waals surface area contributed by atoms with E-state index in [0.717, 1.165) is 5.56 Å². The highest BCUT2D eigenvalue weighted by molar-refractivity contribution is 5.81. The van der Waals surface area contributed by atoms with Gasteiger partial charge in [-0.1, -0.05) is 5.10 Å².